The Morgan fingerprint density at radius 3 is 2.66 bits per heavy atom. The fourth-order valence-electron chi connectivity index (χ4n) is 3.20. The lowest BCUT2D eigenvalue weighted by Crippen LogP contribution is -2.24. The number of benzene rings is 1. The van der Waals surface area contributed by atoms with Crippen LogP contribution in [-0.2, 0) is 20.0 Å². The van der Waals surface area contributed by atoms with Crippen molar-refractivity contribution < 1.29 is 17.9 Å². The summed E-state index contributed by atoms with van der Waals surface area (Å²) in [5.41, 5.74) is 1.38. The molecule has 1 atom stereocenters. The van der Waals surface area contributed by atoms with Crippen molar-refractivity contribution in [2.24, 2.45) is 0 Å². The van der Waals surface area contributed by atoms with E-state index in [-0.39, 0.29) is 35.5 Å². The summed E-state index contributed by atoms with van der Waals surface area (Å²) in [6.07, 6.45) is 0.483. The number of carbonyl (C=O) groups excluding carboxylic acids is 1. The quantitative estimate of drug-likeness (QED) is 0.769. The third kappa shape index (κ3) is 5.30. The average molecular weight is 440 g/mol. The van der Waals surface area contributed by atoms with E-state index in [1.165, 1.54) is 0 Å². The number of ether oxygens (including phenoxy) is 1. The van der Waals surface area contributed by atoms with Gasteiger partial charge in [-0.15, -0.1) is 0 Å². The number of nitrogens with zero attached hydrogens (tertiary/aromatic N) is 2. The van der Waals surface area contributed by atoms with Crippen LogP contribution in [0.3, 0.4) is 0 Å². The van der Waals surface area contributed by atoms with E-state index in [0.29, 0.717) is 23.0 Å². The minimum Gasteiger partial charge on any atom is -0.483 e. The van der Waals surface area contributed by atoms with Gasteiger partial charge in [-0.1, -0.05) is 32.4 Å². The Balaban J connectivity index is 1.76. The molecule has 0 bridgehead atoms. The molecule has 3 rings (SSSR count). The van der Waals surface area contributed by atoms with Crippen LogP contribution < -0.4 is 10.1 Å². The summed E-state index contributed by atoms with van der Waals surface area (Å²) in [4.78, 5) is 12.5. The number of hydrogen-bond acceptors (Lipinski definition) is 5. The number of nitrogens with one attached hydrogen (secondary N) is 1. The van der Waals surface area contributed by atoms with Crippen LogP contribution in [-0.4, -0.2) is 42.2 Å². The van der Waals surface area contributed by atoms with Crippen molar-refractivity contribution >= 4 is 33.2 Å². The van der Waals surface area contributed by atoms with Gasteiger partial charge in [0.2, 0.25) is 0 Å². The van der Waals surface area contributed by atoms with Gasteiger partial charge in [-0.3, -0.25) is 4.79 Å². The lowest BCUT2D eigenvalue weighted by molar-refractivity contribution is -0.118. The number of aryl methyl sites for hydroxylation is 1. The summed E-state index contributed by atoms with van der Waals surface area (Å²) in [5, 5.41) is 8.03. The number of sulfone groups is 1. The highest BCUT2D eigenvalue weighted by molar-refractivity contribution is 7.91. The molecular formula is C20H26ClN3O4S. The van der Waals surface area contributed by atoms with Crippen LogP contribution in [0.4, 0.5) is 5.82 Å². The Bertz CT molecular complexity index is 1020. The molecule has 1 aliphatic heterocycles. The molecular weight excluding hydrogens is 414 g/mol. The molecule has 9 heteroatoms. The van der Waals surface area contributed by atoms with Crippen molar-refractivity contribution in [2.45, 2.75) is 45.6 Å². The summed E-state index contributed by atoms with van der Waals surface area (Å²) < 4.78 is 31.1. The van der Waals surface area contributed by atoms with Crippen LogP contribution in [0.15, 0.2) is 24.3 Å². The van der Waals surface area contributed by atoms with Gasteiger partial charge in [0.1, 0.15) is 11.6 Å². The van der Waals surface area contributed by atoms with Gasteiger partial charge < -0.3 is 10.1 Å². The minimum atomic E-state index is -3.08. The van der Waals surface area contributed by atoms with E-state index in [4.69, 9.17) is 16.3 Å². The summed E-state index contributed by atoms with van der Waals surface area (Å²) >= 11 is 5.94. The molecule has 1 aliphatic rings. The van der Waals surface area contributed by atoms with Gasteiger partial charge in [0, 0.05) is 16.5 Å². The van der Waals surface area contributed by atoms with E-state index in [0.717, 1.165) is 11.3 Å². The van der Waals surface area contributed by atoms with Crippen molar-refractivity contribution in [3.05, 3.63) is 40.5 Å². The van der Waals surface area contributed by atoms with Crippen molar-refractivity contribution in [3.8, 4) is 5.75 Å². The van der Waals surface area contributed by atoms with Crippen molar-refractivity contribution in [2.75, 3.05) is 23.4 Å². The van der Waals surface area contributed by atoms with E-state index in [1.54, 1.807) is 28.9 Å². The molecule has 0 spiro atoms. The molecule has 1 unspecified atom stereocenters. The number of halogens is 1. The Morgan fingerprint density at radius 1 is 1.34 bits per heavy atom. The summed E-state index contributed by atoms with van der Waals surface area (Å²) in [5.74, 6) is 0.881. The van der Waals surface area contributed by atoms with E-state index >= 15 is 0 Å². The third-order valence-electron chi connectivity index (χ3n) is 4.82. The molecule has 1 aromatic carbocycles. The Kier molecular flexibility index (Phi) is 5.96. The Labute approximate surface area is 176 Å². The SMILES string of the molecule is Cc1cc(Cl)ccc1OCC(=O)Nc1cc(C(C)(C)C)nn1C1CCS(=O)(=O)C1. The fourth-order valence-corrected chi connectivity index (χ4v) is 5.12. The van der Waals surface area contributed by atoms with Crippen LogP contribution in [0.2, 0.25) is 5.02 Å². The molecule has 29 heavy (non-hydrogen) atoms. The first-order valence-electron chi connectivity index (χ1n) is 9.44. The summed E-state index contributed by atoms with van der Waals surface area (Å²) in [7, 11) is -3.08. The van der Waals surface area contributed by atoms with Crippen LogP contribution in [0, 0.1) is 6.92 Å². The first kappa shape index (κ1) is 21.6. The van der Waals surface area contributed by atoms with Gasteiger partial charge in [0.25, 0.3) is 5.91 Å². The second kappa shape index (κ2) is 7.99. The molecule has 0 radical (unpaired) electrons. The maximum Gasteiger partial charge on any atom is 0.263 e. The highest BCUT2D eigenvalue weighted by Crippen LogP contribution is 2.31. The summed E-state index contributed by atoms with van der Waals surface area (Å²) in [6, 6.07) is 6.70. The second-order valence-electron chi connectivity index (χ2n) is 8.41. The minimum absolute atomic E-state index is 0.0294. The number of aromatic nitrogens is 2. The molecule has 1 fully saturated rings. The van der Waals surface area contributed by atoms with Gasteiger partial charge in [-0.25, -0.2) is 13.1 Å². The predicted octanol–water partition coefficient (Wildman–Crippen LogP) is 3.52. The number of amides is 1. The molecule has 1 amide bonds. The number of rotatable bonds is 5. The zero-order chi connectivity index (χ0) is 21.4. The Morgan fingerprint density at radius 2 is 2.07 bits per heavy atom. The largest absolute Gasteiger partial charge is 0.483 e. The van der Waals surface area contributed by atoms with E-state index in [2.05, 4.69) is 10.4 Å². The monoisotopic (exact) mass is 439 g/mol. The molecule has 7 nitrogen and oxygen atoms in total. The Hall–Kier alpha value is -2.06. The van der Waals surface area contributed by atoms with Crippen LogP contribution in [0.1, 0.15) is 44.5 Å². The first-order chi connectivity index (χ1) is 13.4. The maximum atomic E-state index is 12.5. The number of hydrogen-bond donors (Lipinski definition) is 1. The molecule has 158 valence electrons. The second-order valence-corrected chi connectivity index (χ2v) is 11.1. The van der Waals surface area contributed by atoms with E-state index in [1.807, 2.05) is 27.7 Å². The van der Waals surface area contributed by atoms with Gasteiger partial charge in [-0.2, -0.15) is 5.10 Å². The smallest absolute Gasteiger partial charge is 0.263 e. The topological polar surface area (TPSA) is 90.3 Å². The predicted molar refractivity (Wildman–Crippen MR) is 114 cm³/mol. The fraction of sp³-hybridized carbons (Fsp3) is 0.500. The van der Waals surface area contributed by atoms with Gasteiger partial charge in [0.15, 0.2) is 16.4 Å². The highest BCUT2D eigenvalue weighted by Gasteiger charge is 2.32. The van der Waals surface area contributed by atoms with Gasteiger partial charge in [-0.05, 0) is 37.1 Å². The zero-order valence-electron chi connectivity index (χ0n) is 17.0. The molecule has 2 aromatic rings. The van der Waals surface area contributed by atoms with Crippen LogP contribution in [0.25, 0.3) is 0 Å². The average Bonchev–Trinajstić information content (AvgIpc) is 3.17. The van der Waals surface area contributed by atoms with Crippen LogP contribution in [0.5, 0.6) is 5.75 Å². The summed E-state index contributed by atoms with van der Waals surface area (Å²) in [6.45, 7) is 7.72. The lowest BCUT2D eigenvalue weighted by Gasteiger charge is -2.16. The molecule has 0 saturated carbocycles. The molecule has 2 heterocycles. The maximum absolute atomic E-state index is 12.5. The molecule has 1 saturated heterocycles. The highest BCUT2D eigenvalue weighted by atomic mass is 35.5. The molecule has 0 aliphatic carbocycles. The normalized spacial score (nSPS) is 18.6. The number of carbonyl (C=O) groups is 1. The lowest BCUT2D eigenvalue weighted by atomic mass is 9.92. The van der Waals surface area contributed by atoms with Gasteiger partial charge in [0.05, 0.1) is 23.2 Å². The molecule has 1 N–H and O–H groups in total. The molecule has 1 aromatic heterocycles. The van der Waals surface area contributed by atoms with Crippen molar-refractivity contribution in [1.29, 1.82) is 0 Å². The van der Waals surface area contributed by atoms with Crippen molar-refractivity contribution in [1.82, 2.24) is 9.78 Å². The first-order valence-corrected chi connectivity index (χ1v) is 11.6. The van der Waals surface area contributed by atoms with E-state index in [9.17, 15) is 13.2 Å². The van der Waals surface area contributed by atoms with E-state index < -0.39 is 9.84 Å². The zero-order valence-corrected chi connectivity index (χ0v) is 18.6. The third-order valence-corrected chi connectivity index (χ3v) is 6.81. The van der Waals surface area contributed by atoms with Crippen LogP contribution >= 0.6 is 11.6 Å². The number of anilines is 1. The standard InChI is InChI=1S/C20H26ClN3O4S/c1-13-9-14(21)5-6-16(13)28-11-19(25)22-18-10-17(20(2,3)4)23-24(18)15-7-8-29(26,27)12-15/h5-6,9-10,15H,7-8,11-12H2,1-4H3,(H,22,25). The van der Waals surface area contributed by atoms with Crippen molar-refractivity contribution in [3.63, 3.8) is 0 Å². The van der Waals surface area contributed by atoms with Gasteiger partial charge >= 0.3 is 0 Å².